The Labute approximate surface area is 237 Å². The summed E-state index contributed by atoms with van der Waals surface area (Å²) in [4.78, 5) is 52.5. The normalized spacial score (nSPS) is 25.6. The molecule has 0 bridgehead atoms. The van der Waals surface area contributed by atoms with Crippen molar-refractivity contribution in [3.63, 3.8) is 0 Å². The minimum absolute atomic E-state index is 0.00215. The lowest BCUT2D eigenvalue weighted by atomic mass is 9.83. The van der Waals surface area contributed by atoms with Gasteiger partial charge in [0.15, 0.2) is 12.2 Å². The monoisotopic (exact) mass is 571 g/mol. The number of nitrogens with zero attached hydrogens (tertiary/aromatic N) is 6. The number of pyridine rings is 2. The number of hydrogen-bond donors (Lipinski definition) is 0. The predicted molar refractivity (Wildman–Crippen MR) is 142 cm³/mol. The molecule has 1 saturated heterocycles. The second kappa shape index (κ2) is 9.06. The molecule has 210 valence electrons. The highest BCUT2D eigenvalue weighted by Crippen LogP contribution is 2.60. The molecule has 3 aromatic rings. The highest BCUT2D eigenvalue weighted by molar-refractivity contribution is 6.11. The first kappa shape index (κ1) is 26.0. The molecule has 3 amide bonds. The molecule has 9 nitrogen and oxygen atoms in total. The maximum absolute atomic E-state index is 14.6. The summed E-state index contributed by atoms with van der Waals surface area (Å²) >= 11 is 0. The molecule has 3 atom stereocenters. The summed E-state index contributed by atoms with van der Waals surface area (Å²) in [5.74, 6) is -5.15. The van der Waals surface area contributed by atoms with Gasteiger partial charge in [-0.05, 0) is 24.6 Å². The molecule has 1 saturated carbocycles. The molecule has 0 N–H and O–H groups in total. The molecule has 2 aromatic heterocycles. The van der Waals surface area contributed by atoms with Gasteiger partial charge in [-0.1, -0.05) is 18.2 Å². The second-order valence-electron chi connectivity index (χ2n) is 10.9. The molecule has 5 heterocycles. The zero-order valence-corrected chi connectivity index (χ0v) is 22.0. The number of aromatic nitrogens is 2. The molecular weight excluding hydrogens is 549 g/mol. The van der Waals surface area contributed by atoms with Gasteiger partial charge in [-0.3, -0.25) is 24.4 Å². The van der Waals surface area contributed by atoms with Gasteiger partial charge in [0, 0.05) is 29.8 Å². The minimum atomic E-state index is -2.89. The third-order valence-electron chi connectivity index (χ3n) is 8.51. The van der Waals surface area contributed by atoms with Crippen LogP contribution < -0.4 is 9.80 Å². The number of alkyl halides is 2. The average molecular weight is 572 g/mol. The van der Waals surface area contributed by atoms with E-state index < -0.39 is 64.9 Å². The quantitative estimate of drug-likeness (QED) is 0.425. The summed E-state index contributed by atoms with van der Waals surface area (Å²) in [5.41, 5.74) is 1.92. The molecule has 0 spiro atoms. The van der Waals surface area contributed by atoms with E-state index in [1.807, 2.05) is 6.07 Å². The van der Waals surface area contributed by atoms with Crippen LogP contribution in [0.1, 0.15) is 48.4 Å². The number of halogens is 3. The van der Waals surface area contributed by atoms with Crippen LogP contribution in [0.2, 0.25) is 0 Å². The lowest BCUT2D eigenvalue weighted by Crippen LogP contribution is -2.61. The standard InChI is InChI=1S/C30H22F3N6O3/c31-18-10-19(15-35-14-18)37(28(41)23-5-6-26(40)38(23)25-9-17(13-34)7-8-36-25)27-22-4-2-1-3-21(22)24-16-39(24,29(27)42)20-11-30(32,33)12-20/h1-4,7-10,14-16,20,23,27H,5-6,11-12H2/q+1. The smallest absolute Gasteiger partial charge is 0.288 e. The van der Waals surface area contributed by atoms with E-state index in [0.29, 0.717) is 16.8 Å². The maximum Gasteiger partial charge on any atom is 0.351 e. The van der Waals surface area contributed by atoms with Gasteiger partial charge in [0.2, 0.25) is 11.6 Å². The third-order valence-corrected chi connectivity index (χ3v) is 8.51. The van der Waals surface area contributed by atoms with Crippen molar-refractivity contribution in [3.8, 4) is 6.07 Å². The molecular formula is C30H22F3N6O3+. The highest BCUT2D eigenvalue weighted by Gasteiger charge is 2.71. The number of anilines is 2. The molecule has 3 unspecified atom stereocenters. The lowest BCUT2D eigenvalue weighted by molar-refractivity contribution is -0.722. The number of carbonyl (C=O) groups excluding carboxylic acids is 3. The molecule has 7 rings (SSSR count). The number of hydrogen-bond acceptors (Lipinski definition) is 6. The number of quaternary nitrogens is 1. The Bertz CT molecular complexity index is 1760. The van der Waals surface area contributed by atoms with Crippen LogP contribution in [0.5, 0.6) is 0 Å². The zero-order valence-electron chi connectivity index (χ0n) is 22.0. The summed E-state index contributed by atoms with van der Waals surface area (Å²) in [5, 5.41) is 9.37. The fraction of sp³-hybridized carbons (Fsp3) is 0.267. The molecule has 4 aliphatic rings. The Hall–Kier alpha value is -4.89. The number of fused-ring (bicyclic) bond motifs is 3. The van der Waals surface area contributed by atoms with Crippen LogP contribution in [-0.4, -0.2) is 50.2 Å². The van der Waals surface area contributed by atoms with Crippen molar-refractivity contribution in [2.45, 2.75) is 49.7 Å². The first-order valence-electron chi connectivity index (χ1n) is 13.4. The first-order valence-corrected chi connectivity index (χ1v) is 13.4. The van der Waals surface area contributed by atoms with Crippen molar-refractivity contribution in [2.75, 3.05) is 9.80 Å². The molecule has 2 fully saturated rings. The van der Waals surface area contributed by atoms with Gasteiger partial charge >= 0.3 is 5.91 Å². The van der Waals surface area contributed by atoms with Crippen molar-refractivity contribution in [1.82, 2.24) is 9.97 Å². The molecule has 12 heteroatoms. The van der Waals surface area contributed by atoms with Crippen LogP contribution in [0.3, 0.4) is 0 Å². The lowest BCUT2D eigenvalue weighted by Gasteiger charge is -2.44. The molecule has 1 aliphatic carbocycles. The molecule has 1 aromatic carbocycles. The van der Waals surface area contributed by atoms with Crippen molar-refractivity contribution in [2.24, 2.45) is 0 Å². The van der Waals surface area contributed by atoms with Crippen LogP contribution in [0.25, 0.3) is 5.70 Å². The summed E-state index contributed by atoms with van der Waals surface area (Å²) < 4.78 is 42.2. The Kier molecular flexibility index (Phi) is 5.61. The molecule has 0 radical (unpaired) electrons. The van der Waals surface area contributed by atoms with E-state index in [1.54, 1.807) is 30.5 Å². The fourth-order valence-corrected chi connectivity index (χ4v) is 6.49. The Balaban J connectivity index is 1.36. The largest absolute Gasteiger partial charge is 0.351 e. The number of rotatable bonds is 5. The van der Waals surface area contributed by atoms with Crippen LogP contribution >= 0.6 is 0 Å². The summed E-state index contributed by atoms with van der Waals surface area (Å²) in [6.45, 7) is 0. The average Bonchev–Trinajstić information content (AvgIpc) is 3.62. The topological polar surface area (TPSA) is 107 Å². The van der Waals surface area contributed by atoms with Gasteiger partial charge in [0.1, 0.15) is 23.7 Å². The van der Waals surface area contributed by atoms with Crippen molar-refractivity contribution in [3.05, 3.63) is 89.8 Å². The Morgan fingerprint density at radius 3 is 2.67 bits per heavy atom. The number of carbonyl (C=O) groups is 3. The number of amides is 3. The van der Waals surface area contributed by atoms with E-state index in [2.05, 4.69) is 9.97 Å². The van der Waals surface area contributed by atoms with Gasteiger partial charge < -0.3 is 0 Å². The summed E-state index contributed by atoms with van der Waals surface area (Å²) in [6.07, 6.45) is 4.34. The van der Waals surface area contributed by atoms with Gasteiger partial charge in [0.25, 0.3) is 11.8 Å². The molecule has 3 aliphatic heterocycles. The van der Waals surface area contributed by atoms with Gasteiger partial charge in [-0.15, -0.1) is 0 Å². The maximum atomic E-state index is 14.6. The predicted octanol–water partition coefficient (Wildman–Crippen LogP) is 4.22. The van der Waals surface area contributed by atoms with E-state index in [1.165, 1.54) is 29.4 Å². The van der Waals surface area contributed by atoms with E-state index in [9.17, 15) is 32.8 Å². The zero-order chi connectivity index (χ0) is 29.4. The molecule has 42 heavy (non-hydrogen) atoms. The number of nitriles is 1. The minimum Gasteiger partial charge on any atom is -0.288 e. The third kappa shape index (κ3) is 3.77. The van der Waals surface area contributed by atoms with Crippen LogP contribution in [0.15, 0.2) is 67.3 Å². The van der Waals surface area contributed by atoms with Gasteiger partial charge in [-0.2, -0.15) is 9.74 Å². The highest BCUT2D eigenvalue weighted by atomic mass is 19.3. The fourth-order valence-electron chi connectivity index (χ4n) is 6.49. The van der Waals surface area contributed by atoms with E-state index in [4.69, 9.17) is 0 Å². The second-order valence-corrected chi connectivity index (χ2v) is 10.9. The first-order chi connectivity index (χ1) is 20.1. The van der Waals surface area contributed by atoms with Crippen molar-refractivity contribution < 1.29 is 32.0 Å². The van der Waals surface area contributed by atoms with Crippen molar-refractivity contribution >= 4 is 34.9 Å². The van der Waals surface area contributed by atoms with Gasteiger partial charge in [0.05, 0.1) is 42.6 Å². The van der Waals surface area contributed by atoms with E-state index >= 15 is 0 Å². The van der Waals surface area contributed by atoms with Gasteiger partial charge in [-0.25, -0.2) is 22.9 Å². The Morgan fingerprint density at radius 2 is 1.93 bits per heavy atom. The summed E-state index contributed by atoms with van der Waals surface area (Å²) in [7, 11) is 0. The van der Waals surface area contributed by atoms with E-state index in [-0.39, 0.29) is 29.9 Å². The van der Waals surface area contributed by atoms with Crippen LogP contribution in [0, 0.1) is 17.1 Å². The Morgan fingerprint density at radius 1 is 1.14 bits per heavy atom. The van der Waals surface area contributed by atoms with Crippen molar-refractivity contribution in [1.29, 1.82) is 5.26 Å². The van der Waals surface area contributed by atoms with Crippen LogP contribution in [-0.2, 0) is 14.4 Å². The van der Waals surface area contributed by atoms with E-state index in [0.717, 1.165) is 17.2 Å². The number of benzene rings is 1. The van der Waals surface area contributed by atoms with Crippen LogP contribution in [0.4, 0.5) is 24.7 Å². The summed E-state index contributed by atoms with van der Waals surface area (Å²) in [6, 6.07) is 9.69. The SMILES string of the molecule is N#Cc1ccnc(N2C(=O)CCC2C(=O)N(c2cncc(F)c2)C2C(=O)[N+]3(C4CC(F)(F)C4)C=C3c3ccccc32)c1.